The Bertz CT molecular complexity index is 483. The van der Waals surface area contributed by atoms with Crippen LogP contribution in [-0.2, 0) is 9.84 Å². The standard InChI is InChI=1S/C13H21NO2S/c1-9-7-10(2)13(11(3)8-9)12(14)5-6-17(4,15)16/h7-8,12H,5-6,14H2,1-4H3. The third-order valence-corrected chi connectivity index (χ3v) is 3.89. The number of hydrogen-bond acceptors (Lipinski definition) is 3. The molecule has 0 aliphatic rings. The summed E-state index contributed by atoms with van der Waals surface area (Å²) in [6, 6.07) is 3.97. The monoisotopic (exact) mass is 255 g/mol. The fraction of sp³-hybridized carbons (Fsp3) is 0.538. The van der Waals surface area contributed by atoms with Crippen molar-refractivity contribution in [2.75, 3.05) is 12.0 Å². The Labute approximate surface area is 104 Å². The quantitative estimate of drug-likeness (QED) is 0.895. The Hall–Kier alpha value is -0.870. The summed E-state index contributed by atoms with van der Waals surface area (Å²) in [5.41, 5.74) is 10.7. The van der Waals surface area contributed by atoms with Crippen molar-refractivity contribution in [2.24, 2.45) is 5.73 Å². The van der Waals surface area contributed by atoms with E-state index in [2.05, 4.69) is 12.1 Å². The first-order valence-electron chi connectivity index (χ1n) is 5.72. The average Bonchev–Trinajstić information content (AvgIpc) is 2.11. The van der Waals surface area contributed by atoms with E-state index in [1.165, 1.54) is 11.8 Å². The predicted molar refractivity (Wildman–Crippen MR) is 71.9 cm³/mol. The highest BCUT2D eigenvalue weighted by atomic mass is 32.2. The van der Waals surface area contributed by atoms with Gasteiger partial charge in [0.15, 0.2) is 0 Å². The first kappa shape index (κ1) is 14.2. The lowest BCUT2D eigenvalue weighted by molar-refractivity contribution is 0.591. The summed E-state index contributed by atoms with van der Waals surface area (Å²) in [6.07, 6.45) is 1.72. The van der Waals surface area contributed by atoms with Gasteiger partial charge in [-0.15, -0.1) is 0 Å². The van der Waals surface area contributed by atoms with E-state index in [0.717, 1.165) is 16.7 Å². The highest BCUT2D eigenvalue weighted by molar-refractivity contribution is 7.90. The first-order chi connectivity index (χ1) is 7.70. The summed E-state index contributed by atoms with van der Waals surface area (Å²) in [6.45, 7) is 6.09. The van der Waals surface area contributed by atoms with Crippen LogP contribution >= 0.6 is 0 Å². The van der Waals surface area contributed by atoms with Crippen molar-refractivity contribution < 1.29 is 8.42 Å². The number of hydrogen-bond donors (Lipinski definition) is 1. The molecule has 0 heterocycles. The molecule has 2 N–H and O–H groups in total. The Kier molecular flexibility index (Phi) is 4.33. The molecular weight excluding hydrogens is 234 g/mol. The molecule has 1 aromatic carbocycles. The van der Waals surface area contributed by atoms with Gasteiger partial charge in [0.25, 0.3) is 0 Å². The number of aryl methyl sites for hydroxylation is 3. The fourth-order valence-electron chi connectivity index (χ4n) is 2.26. The topological polar surface area (TPSA) is 60.2 Å². The van der Waals surface area contributed by atoms with E-state index in [0.29, 0.717) is 6.42 Å². The lowest BCUT2D eigenvalue weighted by atomic mass is 9.93. The molecule has 0 aromatic heterocycles. The fourth-order valence-corrected chi connectivity index (χ4v) is 2.94. The molecular formula is C13H21NO2S. The third kappa shape index (κ3) is 4.13. The molecule has 0 bridgehead atoms. The van der Waals surface area contributed by atoms with Crippen LogP contribution < -0.4 is 5.73 Å². The Morgan fingerprint density at radius 3 is 2.06 bits per heavy atom. The zero-order valence-corrected chi connectivity index (χ0v) is 11.8. The van der Waals surface area contributed by atoms with Crippen LogP contribution in [0.3, 0.4) is 0 Å². The lowest BCUT2D eigenvalue weighted by Crippen LogP contribution is -2.17. The molecule has 4 heteroatoms. The van der Waals surface area contributed by atoms with Gasteiger partial charge in [0.1, 0.15) is 9.84 Å². The molecule has 0 spiro atoms. The summed E-state index contributed by atoms with van der Waals surface area (Å²) < 4.78 is 22.3. The second-order valence-electron chi connectivity index (χ2n) is 4.84. The largest absolute Gasteiger partial charge is 0.324 e. The van der Waals surface area contributed by atoms with E-state index >= 15 is 0 Å². The molecule has 0 saturated carbocycles. The molecule has 17 heavy (non-hydrogen) atoms. The second kappa shape index (κ2) is 5.19. The van der Waals surface area contributed by atoms with E-state index in [1.807, 2.05) is 20.8 Å². The highest BCUT2D eigenvalue weighted by Gasteiger charge is 2.14. The molecule has 1 aromatic rings. The number of sulfone groups is 1. The smallest absolute Gasteiger partial charge is 0.147 e. The van der Waals surface area contributed by atoms with Gasteiger partial charge in [-0.3, -0.25) is 0 Å². The minimum absolute atomic E-state index is 0.140. The van der Waals surface area contributed by atoms with Crippen molar-refractivity contribution in [1.29, 1.82) is 0 Å². The van der Waals surface area contributed by atoms with Crippen LogP contribution in [0.4, 0.5) is 0 Å². The molecule has 96 valence electrons. The predicted octanol–water partition coefficient (Wildman–Crippen LogP) is 2.05. The summed E-state index contributed by atoms with van der Waals surface area (Å²) in [7, 11) is -2.94. The van der Waals surface area contributed by atoms with Gasteiger partial charge >= 0.3 is 0 Å². The number of rotatable bonds is 4. The van der Waals surface area contributed by atoms with Crippen molar-refractivity contribution >= 4 is 9.84 Å². The molecule has 0 radical (unpaired) electrons. The summed E-state index contributed by atoms with van der Waals surface area (Å²) in [5, 5.41) is 0. The van der Waals surface area contributed by atoms with Gasteiger partial charge in [0, 0.05) is 12.3 Å². The minimum atomic E-state index is -2.94. The van der Waals surface area contributed by atoms with Gasteiger partial charge in [0.05, 0.1) is 5.75 Å². The average molecular weight is 255 g/mol. The van der Waals surface area contributed by atoms with Gasteiger partial charge < -0.3 is 5.73 Å². The van der Waals surface area contributed by atoms with Crippen LogP contribution in [-0.4, -0.2) is 20.4 Å². The molecule has 0 aliphatic carbocycles. The van der Waals surface area contributed by atoms with Gasteiger partial charge in [-0.2, -0.15) is 0 Å². The van der Waals surface area contributed by atoms with Crippen LogP contribution in [0.15, 0.2) is 12.1 Å². The molecule has 1 rings (SSSR count). The van der Waals surface area contributed by atoms with Crippen LogP contribution in [0.1, 0.15) is 34.7 Å². The number of benzene rings is 1. The first-order valence-corrected chi connectivity index (χ1v) is 7.78. The van der Waals surface area contributed by atoms with Crippen LogP contribution in [0, 0.1) is 20.8 Å². The van der Waals surface area contributed by atoms with Gasteiger partial charge in [-0.05, 0) is 43.9 Å². The highest BCUT2D eigenvalue weighted by Crippen LogP contribution is 2.24. The van der Waals surface area contributed by atoms with E-state index in [4.69, 9.17) is 5.73 Å². The maximum Gasteiger partial charge on any atom is 0.147 e. The lowest BCUT2D eigenvalue weighted by Gasteiger charge is -2.18. The minimum Gasteiger partial charge on any atom is -0.324 e. The van der Waals surface area contributed by atoms with Crippen molar-refractivity contribution in [1.82, 2.24) is 0 Å². The molecule has 1 unspecified atom stereocenters. The molecule has 1 atom stereocenters. The molecule has 0 fully saturated rings. The van der Waals surface area contributed by atoms with Crippen molar-refractivity contribution in [3.8, 4) is 0 Å². The summed E-state index contributed by atoms with van der Waals surface area (Å²) >= 11 is 0. The molecule has 0 aliphatic heterocycles. The summed E-state index contributed by atoms with van der Waals surface area (Å²) in [4.78, 5) is 0. The van der Waals surface area contributed by atoms with Crippen molar-refractivity contribution in [3.05, 3.63) is 34.4 Å². The maximum atomic E-state index is 11.1. The Balaban J connectivity index is 2.93. The van der Waals surface area contributed by atoms with Crippen molar-refractivity contribution in [2.45, 2.75) is 33.2 Å². The van der Waals surface area contributed by atoms with Gasteiger partial charge in [0.2, 0.25) is 0 Å². The zero-order chi connectivity index (χ0) is 13.2. The van der Waals surface area contributed by atoms with E-state index in [9.17, 15) is 8.42 Å². The van der Waals surface area contributed by atoms with Gasteiger partial charge in [-0.1, -0.05) is 17.7 Å². The van der Waals surface area contributed by atoms with Crippen LogP contribution in [0.2, 0.25) is 0 Å². The van der Waals surface area contributed by atoms with Crippen LogP contribution in [0.5, 0.6) is 0 Å². The van der Waals surface area contributed by atoms with E-state index < -0.39 is 9.84 Å². The van der Waals surface area contributed by atoms with E-state index in [-0.39, 0.29) is 11.8 Å². The van der Waals surface area contributed by atoms with Gasteiger partial charge in [-0.25, -0.2) is 8.42 Å². The Morgan fingerprint density at radius 1 is 1.18 bits per heavy atom. The van der Waals surface area contributed by atoms with Crippen molar-refractivity contribution in [3.63, 3.8) is 0 Å². The Morgan fingerprint density at radius 2 is 1.65 bits per heavy atom. The number of nitrogens with two attached hydrogens (primary N) is 1. The second-order valence-corrected chi connectivity index (χ2v) is 7.10. The maximum absolute atomic E-state index is 11.1. The van der Waals surface area contributed by atoms with Crippen LogP contribution in [0.25, 0.3) is 0 Å². The molecule has 3 nitrogen and oxygen atoms in total. The molecule has 0 amide bonds. The zero-order valence-electron chi connectivity index (χ0n) is 10.9. The normalized spacial score (nSPS) is 13.7. The molecule has 0 saturated heterocycles. The van der Waals surface area contributed by atoms with E-state index in [1.54, 1.807) is 0 Å². The SMILES string of the molecule is Cc1cc(C)c(C(N)CCS(C)(=O)=O)c(C)c1. The third-order valence-electron chi connectivity index (χ3n) is 2.91. The summed E-state index contributed by atoms with van der Waals surface area (Å²) in [5.74, 6) is 0.140.